The van der Waals surface area contributed by atoms with Crippen molar-refractivity contribution >= 4 is 34.3 Å². The van der Waals surface area contributed by atoms with E-state index in [9.17, 15) is 14.7 Å². The van der Waals surface area contributed by atoms with Crippen molar-refractivity contribution in [1.82, 2.24) is 0 Å². The van der Waals surface area contributed by atoms with Gasteiger partial charge in [0.2, 0.25) is 5.91 Å². The number of anilines is 1. The normalized spacial score (nSPS) is 10.9. The maximum absolute atomic E-state index is 12.2. The number of thioether (sulfide) groups is 1. The fourth-order valence-electron chi connectivity index (χ4n) is 2.63. The third-order valence-corrected chi connectivity index (χ3v) is 5.10. The molecular weight excluding hydrogens is 362 g/mol. The summed E-state index contributed by atoms with van der Waals surface area (Å²) in [5.74, 6) is 0.523. The second-order valence-electron chi connectivity index (χ2n) is 6.25. The highest BCUT2D eigenvalue weighted by Gasteiger charge is 2.08. The summed E-state index contributed by atoms with van der Waals surface area (Å²) < 4.78 is 5.29. The van der Waals surface area contributed by atoms with Crippen LogP contribution in [-0.2, 0) is 10.5 Å². The molecule has 0 unspecified atom stereocenters. The van der Waals surface area contributed by atoms with Gasteiger partial charge in [-0.15, -0.1) is 11.8 Å². The van der Waals surface area contributed by atoms with Crippen LogP contribution in [0, 0.1) is 0 Å². The van der Waals surface area contributed by atoms with E-state index in [1.807, 2.05) is 24.3 Å². The molecule has 0 saturated carbocycles. The zero-order valence-electron chi connectivity index (χ0n) is 15.0. The molecule has 0 radical (unpaired) electrons. The number of nitrogens with one attached hydrogen (secondary N) is 1. The molecular formula is C21H21NO4S. The number of fused-ring (bicyclic) bond motifs is 1. The van der Waals surface area contributed by atoms with Crippen molar-refractivity contribution < 1.29 is 14.3 Å². The van der Waals surface area contributed by atoms with E-state index < -0.39 is 5.63 Å². The Morgan fingerprint density at radius 3 is 2.85 bits per heavy atom. The molecule has 0 atom stereocenters. The number of phenols is 1. The zero-order chi connectivity index (χ0) is 19.2. The number of rotatable bonds is 7. The Bertz CT molecular complexity index is 1010. The van der Waals surface area contributed by atoms with Crippen LogP contribution in [0.25, 0.3) is 11.0 Å². The van der Waals surface area contributed by atoms with E-state index in [0.717, 1.165) is 28.8 Å². The van der Waals surface area contributed by atoms with E-state index in [1.165, 1.54) is 17.8 Å². The smallest absolute Gasteiger partial charge is 0.340 e. The molecule has 2 N–H and O–H groups in total. The molecule has 140 valence electrons. The molecule has 0 bridgehead atoms. The molecule has 2 aromatic carbocycles. The lowest BCUT2D eigenvalue weighted by molar-refractivity contribution is -0.116. The molecule has 0 saturated heterocycles. The van der Waals surface area contributed by atoms with Crippen molar-refractivity contribution in [3.05, 3.63) is 64.5 Å². The van der Waals surface area contributed by atoms with Crippen LogP contribution in [0.1, 0.15) is 31.7 Å². The Morgan fingerprint density at radius 1 is 1.19 bits per heavy atom. The first-order chi connectivity index (χ1) is 13.0. The standard InChI is InChI=1S/C21H21NO4S/c1-2-3-7-20(24)22-16-5-4-6-18(11-16)27-13-15-10-14-8-9-17(23)12-19(14)26-21(15)25/h4-6,8-12,23H,2-3,7,13H2,1H3,(H,22,24). The molecule has 1 amide bonds. The largest absolute Gasteiger partial charge is 0.508 e. The number of unbranched alkanes of at least 4 members (excludes halogenated alkanes) is 1. The van der Waals surface area contributed by atoms with Gasteiger partial charge in [0.15, 0.2) is 0 Å². The van der Waals surface area contributed by atoms with Gasteiger partial charge in [-0.1, -0.05) is 19.4 Å². The molecule has 27 heavy (non-hydrogen) atoms. The minimum Gasteiger partial charge on any atom is -0.508 e. The molecule has 5 nitrogen and oxygen atoms in total. The number of hydrogen-bond donors (Lipinski definition) is 2. The molecule has 6 heteroatoms. The maximum atomic E-state index is 12.2. The topological polar surface area (TPSA) is 79.5 Å². The molecule has 0 aliphatic carbocycles. The summed E-state index contributed by atoms with van der Waals surface area (Å²) >= 11 is 1.50. The Balaban J connectivity index is 1.70. The van der Waals surface area contributed by atoms with Crippen LogP contribution in [0.2, 0.25) is 0 Å². The van der Waals surface area contributed by atoms with Gasteiger partial charge in [-0.25, -0.2) is 4.79 Å². The van der Waals surface area contributed by atoms with Gasteiger partial charge in [0.1, 0.15) is 11.3 Å². The third kappa shape index (κ3) is 5.14. The number of carbonyl (C=O) groups excluding carboxylic acids is 1. The number of phenolic OH excluding ortho intramolecular Hbond substituents is 1. The molecule has 0 aliphatic rings. The number of hydrogen-bond acceptors (Lipinski definition) is 5. The van der Waals surface area contributed by atoms with E-state index in [1.54, 1.807) is 18.2 Å². The highest BCUT2D eigenvalue weighted by molar-refractivity contribution is 7.98. The van der Waals surface area contributed by atoms with Gasteiger partial charge < -0.3 is 14.8 Å². The van der Waals surface area contributed by atoms with Gasteiger partial charge in [0.05, 0.1) is 0 Å². The van der Waals surface area contributed by atoms with Crippen molar-refractivity contribution in [3.8, 4) is 5.75 Å². The molecule has 3 rings (SSSR count). The Labute approximate surface area is 161 Å². The van der Waals surface area contributed by atoms with Crippen LogP contribution in [0.5, 0.6) is 5.75 Å². The summed E-state index contributed by atoms with van der Waals surface area (Å²) in [6.07, 6.45) is 2.37. The molecule has 0 spiro atoms. The van der Waals surface area contributed by atoms with E-state index in [0.29, 0.717) is 23.3 Å². The summed E-state index contributed by atoms with van der Waals surface area (Å²) in [6, 6.07) is 14.1. The van der Waals surface area contributed by atoms with Crippen LogP contribution in [0.4, 0.5) is 5.69 Å². The average molecular weight is 383 g/mol. The van der Waals surface area contributed by atoms with Gasteiger partial charge in [0, 0.05) is 39.8 Å². The zero-order valence-corrected chi connectivity index (χ0v) is 15.8. The van der Waals surface area contributed by atoms with Crippen LogP contribution in [0.15, 0.2) is 62.6 Å². The van der Waals surface area contributed by atoms with Crippen molar-refractivity contribution in [2.45, 2.75) is 36.8 Å². The Morgan fingerprint density at radius 2 is 2.04 bits per heavy atom. The van der Waals surface area contributed by atoms with Gasteiger partial charge in [0.25, 0.3) is 0 Å². The first-order valence-electron chi connectivity index (χ1n) is 8.83. The number of benzene rings is 2. The second-order valence-corrected chi connectivity index (χ2v) is 7.30. The summed E-state index contributed by atoms with van der Waals surface area (Å²) in [5, 5.41) is 13.1. The first kappa shape index (κ1) is 19.0. The lowest BCUT2D eigenvalue weighted by Gasteiger charge is -2.07. The fourth-order valence-corrected chi connectivity index (χ4v) is 3.54. The first-order valence-corrected chi connectivity index (χ1v) is 9.82. The SMILES string of the molecule is CCCCC(=O)Nc1cccc(SCc2cc3ccc(O)cc3oc2=O)c1. The second kappa shape index (κ2) is 8.77. The number of carbonyl (C=O) groups is 1. The minimum absolute atomic E-state index is 0.0115. The molecule has 1 aromatic heterocycles. The molecule has 0 fully saturated rings. The van der Waals surface area contributed by atoms with Gasteiger partial charge >= 0.3 is 5.63 Å². The average Bonchev–Trinajstić information content (AvgIpc) is 2.65. The summed E-state index contributed by atoms with van der Waals surface area (Å²) in [4.78, 5) is 25.0. The lowest BCUT2D eigenvalue weighted by Crippen LogP contribution is -2.10. The third-order valence-electron chi connectivity index (χ3n) is 4.06. The van der Waals surface area contributed by atoms with Crippen molar-refractivity contribution in [1.29, 1.82) is 0 Å². The predicted octanol–water partition coefficient (Wildman–Crippen LogP) is 4.92. The fraction of sp³-hybridized carbons (Fsp3) is 0.238. The summed E-state index contributed by atoms with van der Waals surface area (Å²) in [7, 11) is 0. The molecule has 1 heterocycles. The van der Waals surface area contributed by atoms with Crippen LogP contribution in [-0.4, -0.2) is 11.0 Å². The van der Waals surface area contributed by atoms with Crippen molar-refractivity contribution in [2.75, 3.05) is 5.32 Å². The Hall–Kier alpha value is -2.73. The van der Waals surface area contributed by atoms with E-state index in [4.69, 9.17) is 4.42 Å². The van der Waals surface area contributed by atoms with Crippen molar-refractivity contribution in [2.24, 2.45) is 0 Å². The van der Waals surface area contributed by atoms with Gasteiger partial charge in [-0.05, 0) is 42.8 Å². The summed E-state index contributed by atoms with van der Waals surface area (Å²) in [6.45, 7) is 2.05. The van der Waals surface area contributed by atoms with Crippen LogP contribution >= 0.6 is 11.8 Å². The van der Waals surface area contributed by atoms with Crippen LogP contribution < -0.4 is 10.9 Å². The number of aromatic hydroxyl groups is 1. The highest BCUT2D eigenvalue weighted by Crippen LogP contribution is 2.26. The predicted molar refractivity (Wildman–Crippen MR) is 108 cm³/mol. The highest BCUT2D eigenvalue weighted by atomic mass is 32.2. The quantitative estimate of drug-likeness (QED) is 0.447. The molecule has 3 aromatic rings. The monoisotopic (exact) mass is 383 g/mol. The minimum atomic E-state index is -0.412. The van der Waals surface area contributed by atoms with E-state index in [2.05, 4.69) is 12.2 Å². The Kier molecular flexibility index (Phi) is 6.19. The van der Waals surface area contributed by atoms with Crippen LogP contribution in [0.3, 0.4) is 0 Å². The summed E-state index contributed by atoms with van der Waals surface area (Å²) in [5.41, 5.74) is 1.26. The molecule has 0 aliphatic heterocycles. The van der Waals surface area contributed by atoms with Crippen molar-refractivity contribution in [3.63, 3.8) is 0 Å². The lowest BCUT2D eigenvalue weighted by atomic mass is 10.2. The maximum Gasteiger partial charge on any atom is 0.340 e. The number of amides is 1. The van der Waals surface area contributed by atoms with E-state index >= 15 is 0 Å². The van der Waals surface area contributed by atoms with Gasteiger partial charge in [-0.2, -0.15) is 0 Å². The van der Waals surface area contributed by atoms with E-state index in [-0.39, 0.29) is 11.7 Å². The van der Waals surface area contributed by atoms with Gasteiger partial charge in [-0.3, -0.25) is 4.79 Å².